The summed E-state index contributed by atoms with van der Waals surface area (Å²) >= 11 is 0. The van der Waals surface area contributed by atoms with Crippen LogP contribution in [-0.4, -0.2) is 61.4 Å². The van der Waals surface area contributed by atoms with Gasteiger partial charge in [-0.25, -0.2) is 19.2 Å². The number of rotatable bonds is 4. The Kier molecular flexibility index (Phi) is 5.59. The Morgan fingerprint density at radius 1 is 0.808 bits per heavy atom. The highest BCUT2D eigenvalue weighted by Gasteiger charge is 2.36. The van der Waals surface area contributed by atoms with Gasteiger partial charge in [0, 0.05) is 0 Å². The summed E-state index contributed by atoms with van der Waals surface area (Å²) < 4.78 is 11.1. The first-order valence-electron chi connectivity index (χ1n) is 8.67. The molecule has 0 spiro atoms. The number of ether oxygens (including phenoxy) is 2. The van der Waals surface area contributed by atoms with Gasteiger partial charge >= 0.3 is 24.0 Å². The molecular formula is C16H22N4O6. The third-order valence-corrected chi connectivity index (χ3v) is 4.47. The van der Waals surface area contributed by atoms with Gasteiger partial charge in [0.2, 0.25) is 0 Å². The summed E-state index contributed by atoms with van der Waals surface area (Å²) in [7, 11) is 0. The van der Waals surface area contributed by atoms with E-state index in [1.54, 1.807) is 0 Å². The standard InChI is InChI=1S/C16H22N4O6/c21-13(9-7-17-15(23)19-9)25-11-5-3-1-2-4-6-12(11)26-14(22)10-8-18-16(24)20-10/h1-2,9-12H,3-8H2,(H2,17,19,23)(H2,18,20,24)/b2-1-. The van der Waals surface area contributed by atoms with Crippen LogP contribution in [0, 0.1) is 0 Å². The number of amides is 4. The van der Waals surface area contributed by atoms with Crippen molar-refractivity contribution in [2.75, 3.05) is 13.1 Å². The van der Waals surface area contributed by atoms with E-state index in [2.05, 4.69) is 21.3 Å². The predicted molar refractivity (Wildman–Crippen MR) is 88.0 cm³/mol. The van der Waals surface area contributed by atoms with E-state index in [1.807, 2.05) is 12.2 Å². The van der Waals surface area contributed by atoms with E-state index < -0.39 is 48.3 Å². The maximum absolute atomic E-state index is 12.3. The molecule has 142 valence electrons. The van der Waals surface area contributed by atoms with Crippen molar-refractivity contribution in [3.05, 3.63) is 12.2 Å². The smallest absolute Gasteiger partial charge is 0.330 e. The van der Waals surface area contributed by atoms with Crippen molar-refractivity contribution in [3.8, 4) is 0 Å². The lowest BCUT2D eigenvalue weighted by Crippen LogP contribution is -2.44. The summed E-state index contributed by atoms with van der Waals surface area (Å²) in [5, 5.41) is 9.95. The fraction of sp³-hybridized carbons (Fsp3) is 0.625. The second kappa shape index (κ2) is 8.07. The molecule has 2 fully saturated rings. The molecule has 2 heterocycles. The molecule has 1 aliphatic carbocycles. The second-order valence-electron chi connectivity index (χ2n) is 6.39. The maximum Gasteiger partial charge on any atom is 0.330 e. The van der Waals surface area contributed by atoms with Crippen LogP contribution in [0.5, 0.6) is 0 Å². The van der Waals surface area contributed by atoms with E-state index >= 15 is 0 Å². The first-order valence-corrected chi connectivity index (χ1v) is 8.67. The van der Waals surface area contributed by atoms with Gasteiger partial charge in [0.25, 0.3) is 0 Å². The number of hydrogen-bond donors (Lipinski definition) is 4. The Hall–Kier alpha value is -2.78. The molecule has 3 aliphatic rings. The van der Waals surface area contributed by atoms with Crippen molar-refractivity contribution in [2.24, 2.45) is 0 Å². The lowest BCUT2D eigenvalue weighted by molar-refractivity contribution is -0.171. The Bertz CT molecular complexity index is 570. The molecule has 4 unspecified atom stereocenters. The topological polar surface area (TPSA) is 135 Å². The molecule has 0 aromatic rings. The zero-order valence-electron chi connectivity index (χ0n) is 14.2. The van der Waals surface area contributed by atoms with Crippen molar-refractivity contribution in [1.29, 1.82) is 0 Å². The van der Waals surface area contributed by atoms with Gasteiger partial charge < -0.3 is 30.7 Å². The highest BCUT2D eigenvalue weighted by Crippen LogP contribution is 2.21. The first-order chi connectivity index (χ1) is 12.5. The molecule has 4 amide bonds. The molecule has 0 aromatic heterocycles. The minimum Gasteiger partial charge on any atom is -0.457 e. The summed E-state index contributed by atoms with van der Waals surface area (Å²) in [6, 6.07) is -2.34. The van der Waals surface area contributed by atoms with Crippen LogP contribution in [0.4, 0.5) is 9.59 Å². The van der Waals surface area contributed by atoms with Gasteiger partial charge in [-0.05, 0) is 25.7 Å². The Labute approximate surface area is 150 Å². The monoisotopic (exact) mass is 366 g/mol. The van der Waals surface area contributed by atoms with Crippen LogP contribution in [0.2, 0.25) is 0 Å². The number of esters is 2. The molecule has 2 saturated heterocycles. The van der Waals surface area contributed by atoms with Crippen LogP contribution in [0.3, 0.4) is 0 Å². The van der Waals surface area contributed by atoms with Gasteiger partial charge in [-0.3, -0.25) is 0 Å². The molecule has 26 heavy (non-hydrogen) atoms. The minimum atomic E-state index is -0.752. The molecule has 4 atom stereocenters. The predicted octanol–water partition coefficient (Wildman–Crippen LogP) is -0.697. The molecule has 0 bridgehead atoms. The maximum atomic E-state index is 12.3. The van der Waals surface area contributed by atoms with Crippen LogP contribution in [-0.2, 0) is 19.1 Å². The zero-order chi connectivity index (χ0) is 18.5. The van der Waals surface area contributed by atoms with Crippen LogP contribution in [0.15, 0.2) is 12.2 Å². The quantitative estimate of drug-likeness (QED) is 0.384. The average Bonchev–Trinajstić information content (AvgIpc) is 3.22. The number of nitrogens with one attached hydrogen (secondary N) is 4. The Morgan fingerprint density at radius 2 is 1.23 bits per heavy atom. The Morgan fingerprint density at radius 3 is 1.58 bits per heavy atom. The molecule has 2 aliphatic heterocycles. The van der Waals surface area contributed by atoms with Crippen LogP contribution in [0.25, 0.3) is 0 Å². The zero-order valence-corrected chi connectivity index (χ0v) is 14.2. The lowest BCUT2D eigenvalue weighted by atomic mass is 10.00. The number of carbonyl (C=O) groups excluding carboxylic acids is 4. The van der Waals surface area contributed by atoms with Crippen molar-refractivity contribution >= 4 is 24.0 Å². The van der Waals surface area contributed by atoms with Gasteiger partial charge in [0.15, 0.2) is 0 Å². The number of hydrogen-bond acceptors (Lipinski definition) is 6. The van der Waals surface area contributed by atoms with Gasteiger partial charge in [-0.2, -0.15) is 0 Å². The highest BCUT2D eigenvalue weighted by molar-refractivity contribution is 5.88. The highest BCUT2D eigenvalue weighted by atomic mass is 16.6. The molecule has 3 rings (SSSR count). The SMILES string of the molecule is O=C1NCC(C(=O)OC2CC/C=C\CCC2OC(=O)C2CNC(=O)N2)N1. The van der Waals surface area contributed by atoms with E-state index in [0.29, 0.717) is 25.7 Å². The molecule has 10 heteroatoms. The summed E-state index contributed by atoms with van der Waals surface area (Å²) in [6.07, 6.45) is 5.15. The van der Waals surface area contributed by atoms with E-state index in [4.69, 9.17) is 9.47 Å². The largest absolute Gasteiger partial charge is 0.457 e. The van der Waals surface area contributed by atoms with Gasteiger partial charge in [-0.1, -0.05) is 12.2 Å². The third kappa shape index (κ3) is 4.44. The summed E-state index contributed by atoms with van der Waals surface area (Å²) in [5.74, 6) is -1.12. The van der Waals surface area contributed by atoms with Crippen LogP contribution < -0.4 is 21.3 Å². The van der Waals surface area contributed by atoms with Crippen molar-refractivity contribution in [3.63, 3.8) is 0 Å². The second-order valence-corrected chi connectivity index (χ2v) is 6.39. The fourth-order valence-corrected chi connectivity index (χ4v) is 3.06. The number of urea groups is 2. The molecule has 4 N–H and O–H groups in total. The van der Waals surface area contributed by atoms with Gasteiger partial charge in [0.05, 0.1) is 13.1 Å². The summed E-state index contributed by atoms with van der Waals surface area (Å²) in [5.41, 5.74) is 0. The molecule has 10 nitrogen and oxygen atoms in total. The number of carbonyl (C=O) groups is 4. The van der Waals surface area contributed by atoms with Crippen LogP contribution in [0.1, 0.15) is 25.7 Å². The summed E-state index contributed by atoms with van der Waals surface area (Å²) in [4.78, 5) is 46.9. The normalized spacial score (nSPS) is 32.2. The number of allylic oxidation sites excluding steroid dienone is 2. The van der Waals surface area contributed by atoms with Crippen molar-refractivity contribution in [1.82, 2.24) is 21.3 Å². The first kappa shape index (κ1) is 18.0. The average molecular weight is 366 g/mol. The van der Waals surface area contributed by atoms with Gasteiger partial charge in [-0.15, -0.1) is 0 Å². The summed E-state index contributed by atoms with van der Waals surface area (Å²) in [6.45, 7) is 0.322. The molecule has 0 aromatic carbocycles. The van der Waals surface area contributed by atoms with Crippen molar-refractivity contribution in [2.45, 2.75) is 50.0 Å². The van der Waals surface area contributed by atoms with E-state index in [1.165, 1.54) is 0 Å². The molecule has 0 radical (unpaired) electrons. The van der Waals surface area contributed by atoms with E-state index in [-0.39, 0.29) is 13.1 Å². The van der Waals surface area contributed by atoms with Crippen molar-refractivity contribution < 1.29 is 28.7 Å². The van der Waals surface area contributed by atoms with Crippen LogP contribution >= 0.6 is 0 Å². The minimum absolute atomic E-state index is 0.161. The molecular weight excluding hydrogens is 344 g/mol. The van der Waals surface area contributed by atoms with E-state index in [0.717, 1.165) is 0 Å². The van der Waals surface area contributed by atoms with E-state index in [9.17, 15) is 19.2 Å². The van der Waals surface area contributed by atoms with Gasteiger partial charge in [0.1, 0.15) is 24.3 Å². The molecule has 0 saturated carbocycles. The fourth-order valence-electron chi connectivity index (χ4n) is 3.06. The Balaban J connectivity index is 1.62. The lowest BCUT2D eigenvalue weighted by Gasteiger charge is -2.29. The third-order valence-electron chi connectivity index (χ3n) is 4.47.